The van der Waals surface area contributed by atoms with Crippen molar-refractivity contribution in [3.63, 3.8) is 0 Å². The van der Waals surface area contributed by atoms with Crippen molar-refractivity contribution >= 4 is 9.84 Å². The normalized spacial score (nSPS) is 13.3. The Morgan fingerprint density at radius 2 is 2.05 bits per heavy atom. The molecule has 0 radical (unpaired) electrons. The highest BCUT2D eigenvalue weighted by atomic mass is 32.2. The van der Waals surface area contributed by atoms with Crippen LogP contribution in [0.15, 0.2) is 18.2 Å². The Kier molecular flexibility index (Phi) is 5.75. The first-order valence-corrected chi connectivity index (χ1v) is 8.06. The summed E-state index contributed by atoms with van der Waals surface area (Å²) < 4.78 is 41.7. The fourth-order valence-electron chi connectivity index (χ4n) is 1.61. The van der Waals surface area contributed by atoms with E-state index in [2.05, 4.69) is 0 Å². The molecule has 0 amide bonds. The molecule has 0 saturated carbocycles. The first-order valence-electron chi connectivity index (χ1n) is 6.24. The maximum atomic E-state index is 13.6. The minimum atomic E-state index is -3.10. The summed E-state index contributed by atoms with van der Waals surface area (Å²) in [6.45, 7) is 3.51. The number of ether oxygens (including phenoxy) is 1. The Balaban J connectivity index is 2.59. The van der Waals surface area contributed by atoms with E-state index < -0.39 is 15.7 Å². The third-order valence-electron chi connectivity index (χ3n) is 2.65. The highest BCUT2D eigenvalue weighted by Gasteiger charge is 2.11. The van der Waals surface area contributed by atoms with Crippen molar-refractivity contribution in [2.45, 2.75) is 26.3 Å². The fourth-order valence-corrected chi connectivity index (χ4v) is 2.77. The molecule has 1 aromatic rings. The number of rotatable bonds is 7. The highest BCUT2D eigenvalue weighted by molar-refractivity contribution is 7.91. The van der Waals surface area contributed by atoms with Gasteiger partial charge < -0.3 is 10.5 Å². The van der Waals surface area contributed by atoms with E-state index in [1.54, 1.807) is 19.9 Å². The predicted molar refractivity (Wildman–Crippen MR) is 73.4 cm³/mol. The van der Waals surface area contributed by atoms with Crippen molar-refractivity contribution < 1.29 is 17.5 Å². The topological polar surface area (TPSA) is 69.4 Å². The second-order valence-corrected chi connectivity index (χ2v) is 6.78. The molecule has 0 bridgehead atoms. The maximum Gasteiger partial charge on any atom is 0.165 e. The van der Waals surface area contributed by atoms with E-state index in [0.29, 0.717) is 12.0 Å². The van der Waals surface area contributed by atoms with Gasteiger partial charge in [-0.25, -0.2) is 12.8 Å². The molecule has 0 aliphatic rings. The number of hydrogen-bond donors (Lipinski definition) is 1. The van der Waals surface area contributed by atoms with Crippen molar-refractivity contribution in [2.75, 3.05) is 18.1 Å². The summed E-state index contributed by atoms with van der Waals surface area (Å²) in [6, 6.07) is 4.19. The standard InChI is InChI=1S/C13H20FNO3S/c1-3-7-19(16,17)8-6-18-13-5-4-11(10(2)15)9-12(13)14/h4-5,9-10H,3,6-8,15H2,1-2H3. The van der Waals surface area contributed by atoms with Gasteiger partial charge in [-0.05, 0) is 31.0 Å². The zero-order valence-corrected chi connectivity index (χ0v) is 12.0. The summed E-state index contributed by atoms with van der Waals surface area (Å²) in [5.74, 6) is -0.448. The molecule has 0 fully saturated rings. The molecular formula is C13H20FNO3S. The van der Waals surface area contributed by atoms with E-state index in [1.165, 1.54) is 12.1 Å². The van der Waals surface area contributed by atoms with Crippen LogP contribution in [-0.4, -0.2) is 26.5 Å². The molecule has 4 nitrogen and oxygen atoms in total. The highest BCUT2D eigenvalue weighted by Crippen LogP contribution is 2.21. The van der Waals surface area contributed by atoms with E-state index in [9.17, 15) is 12.8 Å². The van der Waals surface area contributed by atoms with E-state index in [1.807, 2.05) is 0 Å². The van der Waals surface area contributed by atoms with Gasteiger partial charge in [-0.2, -0.15) is 0 Å². The second kappa shape index (κ2) is 6.86. The molecular weight excluding hydrogens is 269 g/mol. The molecule has 1 rings (SSSR count). The average molecular weight is 289 g/mol. The van der Waals surface area contributed by atoms with Crippen molar-refractivity contribution in [1.82, 2.24) is 0 Å². The van der Waals surface area contributed by atoms with E-state index in [0.717, 1.165) is 0 Å². The number of nitrogens with two attached hydrogens (primary N) is 1. The van der Waals surface area contributed by atoms with Crippen LogP contribution in [0.25, 0.3) is 0 Å². The number of hydrogen-bond acceptors (Lipinski definition) is 4. The predicted octanol–water partition coefficient (Wildman–Crippen LogP) is 2.05. The van der Waals surface area contributed by atoms with Crippen LogP contribution in [0.5, 0.6) is 5.75 Å². The third-order valence-corrected chi connectivity index (χ3v) is 4.47. The minimum Gasteiger partial charge on any atom is -0.489 e. The van der Waals surface area contributed by atoms with Gasteiger partial charge in [0.2, 0.25) is 0 Å². The summed E-state index contributed by atoms with van der Waals surface area (Å²) in [5, 5.41) is 0. The van der Waals surface area contributed by atoms with E-state index >= 15 is 0 Å². The SMILES string of the molecule is CCCS(=O)(=O)CCOc1ccc(C(C)N)cc1F. The number of sulfone groups is 1. The molecule has 1 aromatic carbocycles. The van der Waals surface area contributed by atoms with Crippen LogP contribution in [0.2, 0.25) is 0 Å². The molecule has 0 spiro atoms. The molecule has 0 aliphatic carbocycles. The molecule has 6 heteroatoms. The van der Waals surface area contributed by atoms with Gasteiger partial charge in [0.25, 0.3) is 0 Å². The van der Waals surface area contributed by atoms with Gasteiger partial charge in [-0.1, -0.05) is 13.0 Å². The number of halogens is 1. The Morgan fingerprint density at radius 1 is 1.37 bits per heavy atom. The zero-order valence-electron chi connectivity index (χ0n) is 11.2. The van der Waals surface area contributed by atoms with Crippen molar-refractivity contribution in [3.8, 4) is 5.75 Å². The smallest absolute Gasteiger partial charge is 0.165 e. The van der Waals surface area contributed by atoms with Gasteiger partial charge in [0.1, 0.15) is 6.61 Å². The molecule has 0 aliphatic heterocycles. The molecule has 1 atom stereocenters. The Hall–Kier alpha value is -1.14. The summed E-state index contributed by atoms with van der Waals surface area (Å²) in [4.78, 5) is 0. The van der Waals surface area contributed by atoms with Crippen molar-refractivity contribution in [3.05, 3.63) is 29.6 Å². The lowest BCUT2D eigenvalue weighted by molar-refractivity contribution is 0.322. The van der Waals surface area contributed by atoms with Crippen LogP contribution in [0.4, 0.5) is 4.39 Å². The molecule has 0 saturated heterocycles. The van der Waals surface area contributed by atoms with Crippen LogP contribution in [0.3, 0.4) is 0 Å². The Bertz CT molecular complexity index is 515. The lowest BCUT2D eigenvalue weighted by Crippen LogP contribution is -2.17. The van der Waals surface area contributed by atoms with E-state index in [-0.39, 0.29) is 29.9 Å². The van der Waals surface area contributed by atoms with Gasteiger partial charge in [0.05, 0.1) is 11.5 Å². The first kappa shape index (κ1) is 15.9. The molecule has 19 heavy (non-hydrogen) atoms. The largest absolute Gasteiger partial charge is 0.489 e. The van der Waals surface area contributed by atoms with Crippen LogP contribution in [0, 0.1) is 5.82 Å². The monoisotopic (exact) mass is 289 g/mol. The quantitative estimate of drug-likeness (QED) is 0.834. The molecule has 0 heterocycles. The van der Waals surface area contributed by atoms with Gasteiger partial charge in [0, 0.05) is 6.04 Å². The summed E-state index contributed by atoms with van der Waals surface area (Å²) in [6.07, 6.45) is 0.569. The van der Waals surface area contributed by atoms with Crippen LogP contribution in [-0.2, 0) is 9.84 Å². The van der Waals surface area contributed by atoms with Gasteiger partial charge in [-0.15, -0.1) is 0 Å². The van der Waals surface area contributed by atoms with Gasteiger partial charge >= 0.3 is 0 Å². The van der Waals surface area contributed by atoms with E-state index in [4.69, 9.17) is 10.5 Å². The van der Waals surface area contributed by atoms with Crippen LogP contribution < -0.4 is 10.5 Å². The molecule has 108 valence electrons. The maximum absolute atomic E-state index is 13.6. The molecule has 2 N–H and O–H groups in total. The van der Waals surface area contributed by atoms with Crippen molar-refractivity contribution in [1.29, 1.82) is 0 Å². The third kappa shape index (κ3) is 5.16. The summed E-state index contributed by atoms with van der Waals surface area (Å²) in [7, 11) is -3.10. The first-order chi connectivity index (χ1) is 8.85. The van der Waals surface area contributed by atoms with Gasteiger partial charge in [-0.3, -0.25) is 0 Å². The lowest BCUT2D eigenvalue weighted by Gasteiger charge is -2.10. The summed E-state index contributed by atoms with van der Waals surface area (Å²) in [5.41, 5.74) is 6.31. The number of benzene rings is 1. The molecule has 0 aromatic heterocycles. The van der Waals surface area contributed by atoms with Crippen LogP contribution in [0.1, 0.15) is 31.9 Å². The lowest BCUT2D eigenvalue weighted by atomic mass is 10.1. The average Bonchev–Trinajstić information content (AvgIpc) is 2.30. The zero-order chi connectivity index (χ0) is 14.5. The Morgan fingerprint density at radius 3 is 2.58 bits per heavy atom. The molecule has 1 unspecified atom stereocenters. The van der Waals surface area contributed by atoms with Crippen molar-refractivity contribution in [2.24, 2.45) is 5.73 Å². The summed E-state index contributed by atoms with van der Waals surface area (Å²) >= 11 is 0. The second-order valence-electron chi connectivity index (χ2n) is 4.48. The minimum absolute atomic E-state index is 0.0449. The Labute approximate surface area is 113 Å². The fraction of sp³-hybridized carbons (Fsp3) is 0.538. The van der Waals surface area contributed by atoms with Gasteiger partial charge in [0.15, 0.2) is 21.4 Å². The van der Waals surface area contributed by atoms with Crippen LogP contribution >= 0.6 is 0 Å².